The molecule has 6 heteroatoms. The lowest BCUT2D eigenvalue weighted by molar-refractivity contribution is -0.406. The van der Waals surface area contributed by atoms with E-state index in [1.807, 2.05) is 6.92 Å². The molecular weight excluding hydrogens is 276 g/mol. The Morgan fingerprint density at radius 2 is 1.67 bits per heavy atom. The highest BCUT2D eigenvalue weighted by molar-refractivity contribution is 5.32. The molecular formula is C15H26O6. The number of ether oxygens (including phenoxy) is 2. The standard InChI is InChI=1S/C15H26O6/c1-8-4-13(9(2)6-20-13)15(8)14(19,10(3)7-21-15)12(18)11(17)5-16/h8-12,16-19H,4-7H2,1-3H3/t8?,9?,10?,11-,12-,13?,14+,15+/m1/s1. The molecule has 3 rings (SSSR count). The summed E-state index contributed by atoms with van der Waals surface area (Å²) >= 11 is 0. The molecule has 4 unspecified atom stereocenters. The van der Waals surface area contributed by atoms with Crippen LogP contribution in [0.1, 0.15) is 27.2 Å². The van der Waals surface area contributed by atoms with E-state index >= 15 is 0 Å². The summed E-state index contributed by atoms with van der Waals surface area (Å²) in [5.74, 6) is -0.121. The largest absolute Gasteiger partial charge is 0.394 e. The Kier molecular flexibility index (Phi) is 3.45. The van der Waals surface area contributed by atoms with E-state index in [1.54, 1.807) is 6.92 Å². The van der Waals surface area contributed by atoms with E-state index in [0.717, 1.165) is 6.42 Å². The second-order valence-electron chi connectivity index (χ2n) is 7.17. The van der Waals surface area contributed by atoms with E-state index in [2.05, 4.69) is 6.92 Å². The zero-order valence-electron chi connectivity index (χ0n) is 12.8. The Labute approximate surface area is 124 Å². The molecule has 4 N–H and O–H groups in total. The third-order valence-corrected chi connectivity index (χ3v) is 6.23. The molecule has 6 nitrogen and oxygen atoms in total. The van der Waals surface area contributed by atoms with Crippen molar-refractivity contribution < 1.29 is 29.9 Å². The van der Waals surface area contributed by atoms with Crippen molar-refractivity contribution in [3.05, 3.63) is 0 Å². The predicted octanol–water partition coefficient (Wildman–Crippen LogP) is -0.718. The highest BCUT2D eigenvalue weighted by Gasteiger charge is 2.83. The van der Waals surface area contributed by atoms with Crippen LogP contribution in [0, 0.1) is 17.8 Å². The smallest absolute Gasteiger partial charge is 0.131 e. The molecule has 2 spiro atoms. The number of fused-ring (bicyclic) bond motifs is 1. The van der Waals surface area contributed by atoms with Crippen LogP contribution < -0.4 is 0 Å². The zero-order chi connectivity index (χ0) is 15.6. The molecule has 0 aromatic rings. The van der Waals surface area contributed by atoms with Gasteiger partial charge in [0.1, 0.15) is 29.0 Å². The van der Waals surface area contributed by atoms with E-state index in [1.165, 1.54) is 0 Å². The highest BCUT2D eigenvalue weighted by atomic mass is 16.6. The minimum atomic E-state index is -1.64. The van der Waals surface area contributed by atoms with Crippen LogP contribution in [0.2, 0.25) is 0 Å². The number of hydrogen-bond acceptors (Lipinski definition) is 6. The molecule has 0 amide bonds. The fourth-order valence-corrected chi connectivity index (χ4v) is 4.99. The van der Waals surface area contributed by atoms with Gasteiger partial charge in [0.2, 0.25) is 0 Å². The Balaban J connectivity index is 2.04. The lowest BCUT2D eigenvalue weighted by atomic mass is 9.44. The zero-order valence-corrected chi connectivity index (χ0v) is 12.8. The maximum absolute atomic E-state index is 11.4. The quantitative estimate of drug-likeness (QED) is 0.549. The summed E-state index contributed by atoms with van der Waals surface area (Å²) in [6.45, 7) is 6.13. The Hall–Kier alpha value is -0.240. The van der Waals surface area contributed by atoms with Crippen molar-refractivity contribution in [2.24, 2.45) is 17.8 Å². The van der Waals surface area contributed by atoms with Crippen molar-refractivity contribution in [2.45, 2.75) is 56.2 Å². The van der Waals surface area contributed by atoms with Gasteiger partial charge in [-0.05, 0) is 12.3 Å². The van der Waals surface area contributed by atoms with Gasteiger partial charge >= 0.3 is 0 Å². The van der Waals surface area contributed by atoms with Crippen LogP contribution >= 0.6 is 0 Å². The minimum absolute atomic E-state index is 0.00995. The van der Waals surface area contributed by atoms with Crippen molar-refractivity contribution >= 4 is 0 Å². The maximum Gasteiger partial charge on any atom is 0.131 e. The van der Waals surface area contributed by atoms with Gasteiger partial charge in [-0.1, -0.05) is 20.8 Å². The molecule has 2 heterocycles. The molecule has 21 heavy (non-hydrogen) atoms. The third kappa shape index (κ3) is 1.49. The van der Waals surface area contributed by atoms with E-state index in [9.17, 15) is 15.3 Å². The molecule has 2 aliphatic heterocycles. The van der Waals surface area contributed by atoms with Crippen molar-refractivity contribution in [2.75, 3.05) is 19.8 Å². The molecule has 1 aliphatic carbocycles. The van der Waals surface area contributed by atoms with E-state index < -0.39 is 35.6 Å². The van der Waals surface area contributed by atoms with Gasteiger partial charge in [0.15, 0.2) is 0 Å². The fraction of sp³-hybridized carbons (Fsp3) is 1.00. The first-order valence-corrected chi connectivity index (χ1v) is 7.75. The lowest BCUT2D eigenvalue weighted by Gasteiger charge is -2.72. The average molecular weight is 302 g/mol. The van der Waals surface area contributed by atoms with Gasteiger partial charge in [0, 0.05) is 11.8 Å². The maximum atomic E-state index is 11.4. The van der Waals surface area contributed by atoms with Crippen molar-refractivity contribution in [1.29, 1.82) is 0 Å². The van der Waals surface area contributed by atoms with Crippen LogP contribution in [0.3, 0.4) is 0 Å². The monoisotopic (exact) mass is 302 g/mol. The van der Waals surface area contributed by atoms with E-state index in [0.29, 0.717) is 13.2 Å². The first-order valence-electron chi connectivity index (χ1n) is 7.75. The second kappa shape index (κ2) is 4.63. The van der Waals surface area contributed by atoms with Crippen molar-refractivity contribution in [3.63, 3.8) is 0 Å². The van der Waals surface area contributed by atoms with E-state index in [4.69, 9.17) is 14.6 Å². The SMILES string of the molecule is CC1COC12CC(C)[C@]21OCC(C)[C@]1(O)[C@H](O)[C@H](O)CO. The van der Waals surface area contributed by atoms with Gasteiger partial charge < -0.3 is 29.9 Å². The molecule has 3 aliphatic rings. The Morgan fingerprint density at radius 3 is 2.10 bits per heavy atom. The summed E-state index contributed by atoms with van der Waals surface area (Å²) in [5, 5.41) is 40.9. The summed E-state index contributed by atoms with van der Waals surface area (Å²) in [7, 11) is 0. The minimum Gasteiger partial charge on any atom is -0.394 e. The third-order valence-electron chi connectivity index (χ3n) is 6.23. The van der Waals surface area contributed by atoms with Gasteiger partial charge in [0.05, 0.1) is 19.8 Å². The number of aliphatic hydroxyl groups excluding tert-OH is 3. The molecule has 1 saturated carbocycles. The summed E-state index contributed by atoms with van der Waals surface area (Å²) in [4.78, 5) is 0. The first-order chi connectivity index (χ1) is 9.78. The normalized spacial score (nSPS) is 55.3. The molecule has 0 aromatic heterocycles. The summed E-state index contributed by atoms with van der Waals surface area (Å²) in [6.07, 6.45) is -2.11. The van der Waals surface area contributed by atoms with Crippen LogP contribution in [0.25, 0.3) is 0 Å². The first kappa shape index (κ1) is 15.6. The molecule has 0 aromatic carbocycles. The molecule has 8 atom stereocenters. The van der Waals surface area contributed by atoms with Gasteiger partial charge in [-0.15, -0.1) is 0 Å². The van der Waals surface area contributed by atoms with Crippen LogP contribution in [0.4, 0.5) is 0 Å². The number of rotatable bonds is 3. The lowest BCUT2D eigenvalue weighted by Crippen LogP contribution is -2.86. The van der Waals surface area contributed by atoms with E-state index in [-0.39, 0.29) is 17.8 Å². The molecule has 2 saturated heterocycles. The number of hydrogen-bond donors (Lipinski definition) is 4. The summed E-state index contributed by atoms with van der Waals surface area (Å²) in [6, 6.07) is 0. The number of aliphatic hydroxyl groups is 4. The molecule has 0 bridgehead atoms. The van der Waals surface area contributed by atoms with Crippen LogP contribution in [-0.2, 0) is 9.47 Å². The molecule has 0 radical (unpaired) electrons. The van der Waals surface area contributed by atoms with Crippen LogP contribution in [0.5, 0.6) is 0 Å². The van der Waals surface area contributed by atoms with Gasteiger partial charge in [-0.3, -0.25) is 0 Å². The Morgan fingerprint density at radius 1 is 1.05 bits per heavy atom. The van der Waals surface area contributed by atoms with Gasteiger partial charge in [0.25, 0.3) is 0 Å². The van der Waals surface area contributed by atoms with Crippen molar-refractivity contribution in [1.82, 2.24) is 0 Å². The molecule has 122 valence electrons. The van der Waals surface area contributed by atoms with Crippen LogP contribution in [-0.4, -0.2) is 69.3 Å². The predicted molar refractivity (Wildman–Crippen MR) is 73.5 cm³/mol. The van der Waals surface area contributed by atoms with Crippen molar-refractivity contribution in [3.8, 4) is 0 Å². The topological polar surface area (TPSA) is 99.4 Å². The molecule has 3 fully saturated rings. The second-order valence-corrected chi connectivity index (χ2v) is 7.17. The van der Waals surface area contributed by atoms with Gasteiger partial charge in [-0.25, -0.2) is 0 Å². The fourth-order valence-electron chi connectivity index (χ4n) is 4.99. The summed E-state index contributed by atoms with van der Waals surface area (Å²) in [5.41, 5.74) is -3.25. The van der Waals surface area contributed by atoms with Crippen LogP contribution in [0.15, 0.2) is 0 Å². The average Bonchev–Trinajstić information content (AvgIpc) is 2.76. The summed E-state index contributed by atoms with van der Waals surface area (Å²) < 4.78 is 11.9. The van der Waals surface area contributed by atoms with Gasteiger partial charge in [-0.2, -0.15) is 0 Å². The highest BCUT2D eigenvalue weighted by Crippen LogP contribution is 2.68. The Bertz CT molecular complexity index is 430.